The van der Waals surface area contributed by atoms with Gasteiger partial charge in [0.2, 0.25) is 0 Å². The molecular weight excluding hydrogens is 347 g/mol. The average molecular weight is 367 g/mol. The zero-order valence-electron chi connectivity index (χ0n) is 14.8. The van der Waals surface area contributed by atoms with Crippen LogP contribution in [-0.4, -0.2) is 39.1 Å². The number of carbonyl (C=O) groups is 1. The summed E-state index contributed by atoms with van der Waals surface area (Å²) in [4.78, 5) is 17.8. The van der Waals surface area contributed by atoms with Gasteiger partial charge in [-0.25, -0.2) is 9.78 Å². The molecule has 140 valence electrons. The second-order valence-corrected chi connectivity index (χ2v) is 7.19. The molecule has 1 aliphatic heterocycles. The first-order chi connectivity index (χ1) is 12.0. The number of hydrogen-bond donors (Lipinski definition) is 0. The molecule has 0 fully saturated rings. The zero-order chi connectivity index (χ0) is 19.1. The molecule has 26 heavy (non-hydrogen) atoms. The third-order valence-corrected chi connectivity index (χ3v) is 4.02. The van der Waals surface area contributed by atoms with Crippen molar-refractivity contribution in [2.45, 2.75) is 39.0 Å². The van der Waals surface area contributed by atoms with E-state index in [2.05, 4.69) is 4.98 Å². The molecule has 0 saturated carbocycles. The molecule has 3 heterocycles. The Hall–Kier alpha value is -2.51. The van der Waals surface area contributed by atoms with Crippen molar-refractivity contribution in [3.63, 3.8) is 0 Å². The Labute approximate surface area is 149 Å². The third-order valence-electron chi connectivity index (χ3n) is 4.02. The number of alkyl halides is 3. The molecule has 0 N–H and O–H groups in total. The highest BCUT2D eigenvalue weighted by Crippen LogP contribution is 2.31. The maximum atomic E-state index is 13.0. The van der Waals surface area contributed by atoms with E-state index in [1.165, 1.54) is 10.5 Å². The van der Waals surface area contributed by atoms with Gasteiger partial charge in [0.05, 0.1) is 17.5 Å². The minimum absolute atomic E-state index is 0.344. The lowest BCUT2D eigenvalue weighted by atomic mass is 10.1. The molecule has 0 aromatic carbocycles. The first-order valence-corrected chi connectivity index (χ1v) is 8.26. The molecule has 1 amide bonds. The van der Waals surface area contributed by atoms with Gasteiger partial charge in [-0.05, 0) is 44.9 Å². The fourth-order valence-corrected chi connectivity index (χ4v) is 2.78. The van der Waals surface area contributed by atoms with Crippen LogP contribution in [0.2, 0.25) is 0 Å². The highest BCUT2D eigenvalue weighted by Gasteiger charge is 2.31. The van der Waals surface area contributed by atoms with E-state index in [-0.39, 0.29) is 0 Å². The molecule has 0 aliphatic carbocycles. The summed E-state index contributed by atoms with van der Waals surface area (Å²) in [6.07, 6.45) is 0.152. The van der Waals surface area contributed by atoms with E-state index in [9.17, 15) is 18.0 Å². The first-order valence-electron chi connectivity index (χ1n) is 8.26. The summed E-state index contributed by atoms with van der Waals surface area (Å²) in [6, 6.07) is 2.37. The van der Waals surface area contributed by atoms with Gasteiger partial charge in [-0.2, -0.15) is 13.2 Å². The fraction of sp³-hybridized carbons (Fsp3) is 0.444. The number of imidazole rings is 1. The Morgan fingerprint density at radius 3 is 2.54 bits per heavy atom. The molecule has 2 aromatic heterocycles. The smallest absolute Gasteiger partial charge is 0.417 e. The number of pyridine rings is 1. The van der Waals surface area contributed by atoms with Gasteiger partial charge < -0.3 is 9.64 Å². The summed E-state index contributed by atoms with van der Waals surface area (Å²) in [5, 5.41) is 0. The van der Waals surface area contributed by atoms with Gasteiger partial charge in [-0.15, -0.1) is 0 Å². The van der Waals surface area contributed by atoms with Crippen LogP contribution in [0.5, 0.6) is 0 Å². The molecule has 0 radical (unpaired) electrons. The quantitative estimate of drug-likeness (QED) is 0.752. The second kappa shape index (κ2) is 6.34. The van der Waals surface area contributed by atoms with E-state index >= 15 is 0 Å². The van der Waals surface area contributed by atoms with E-state index in [0.29, 0.717) is 30.9 Å². The minimum Gasteiger partial charge on any atom is -0.444 e. The Morgan fingerprint density at radius 1 is 1.23 bits per heavy atom. The molecular formula is C18H20F3N3O2. The Kier molecular flexibility index (Phi) is 4.46. The second-order valence-electron chi connectivity index (χ2n) is 7.19. The Morgan fingerprint density at radius 2 is 1.96 bits per heavy atom. The number of halogens is 3. The molecule has 8 heteroatoms. The number of amides is 1. The topological polar surface area (TPSA) is 46.8 Å². The fourth-order valence-electron chi connectivity index (χ4n) is 2.78. The zero-order valence-corrected chi connectivity index (χ0v) is 14.8. The molecule has 5 nitrogen and oxygen atoms in total. The normalized spacial score (nSPS) is 15.9. The number of nitrogens with zero attached hydrogens (tertiary/aromatic N) is 3. The predicted octanol–water partition coefficient (Wildman–Crippen LogP) is 4.38. The molecule has 2 aromatic rings. The van der Waals surface area contributed by atoms with Gasteiger partial charge in [0.15, 0.2) is 0 Å². The van der Waals surface area contributed by atoms with Gasteiger partial charge in [0.1, 0.15) is 11.2 Å². The summed E-state index contributed by atoms with van der Waals surface area (Å²) in [5.41, 5.74) is 0.613. The minimum atomic E-state index is -4.41. The predicted molar refractivity (Wildman–Crippen MR) is 90.6 cm³/mol. The van der Waals surface area contributed by atoms with Crippen molar-refractivity contribution >= 4 is 17.3 Å². The van der Waals surface area contributed by atoms with Gasteiger partial charge in [0, 0.05) is 19.3 Å². The number of ether oxygens (including phenoxy) is 1. The summed E-state index contributed by atoms with van der Waals surface area (Å²) in [5.74, 6) is 0. The van der Waals surface area contributed by atoms with Crippen LogP contribution in [0.3, 0.4) is 0 Å². The third kappa shape index (κ3) is 3.84. The van der Waals surface area contributed by atoms with E-state index in [1.807, 2.05) is 6.08 Å². The van der Waals surface area contributed by atoms with Crippen LogP contribution < -0.4 is 0 Å². The van der Waals surface area contributed by atoms with Crippen molar-refractivity contribution < 1.29 is 22.7 Å². The van der Waals surface area contributed by atoms with Gasteiger partial charge in [0.25, 0.3) is 0 Å². The molecule has 3 rings (SSSR count). The largest absolute Gasteiger partial charge is 0.444 e. The van der Waals surface area contributed by atoms with Crippen LogP contribution in [0, 0.1) is 0 Å². The molecule has 0 bridgehead atoms. The van der Waals surface area contributed by atoms with Crippen LogP contribution in [0.25, 0.3) is 11.2 Å². The number of aromatic nitrogens is 2. The first kappa shape index (κ1) is 18.3. The van der Waals surface area contributed by atoms with Crippen LogP contribution in [0.4, 0.5) is 18.0 Å². The summed E-state index contributed by atoms with van der Waals surface area (Å²) < 4.78 is 45.7. The highest BCUT2D eigenvalue weighted by molar-refractivity contribution is 5.72. The lowest BCUT2D eigenvalue weighted by Crippen LogP contribution is -2.39. The number of rotatable bonds is 1. The van der Waals surface area contributed by atoms with Crippen molar-refractivity contribution in [1.29, 1.82) is 0 Å². The maximum absolute atomic E-state index is 13.0. The molecule has 0 atom stereocenters. The number of hydrogen-bond acceptors (Lipinski definition) is 3. The lowest BCUT2D eigenvalue weighted by Gasteiger charge is -2.29. The SMILES string of the molecule is CC(C)(C)OC(=O)N1CC=C(c2cnc3ccc(C(F)(F)F)cn23)CC1. The van der Waals surface area contributed by atoms with Crippen molar-refractivity contribution in [1.82, 2.24) is 14.3 Å². The highest BCUT2D eigenvalue weighted by atomic mass is 19.4. The summed E-state index contributed by atoms with van der Waals surface area (Å²) >= 11 is 0. The van der Waals surface area contributed by atoms with E-state index in [1.54, 1.807) is 31.9 Å². The Balaban J connectivity index is 1.83. The van der Waals surface area contributed by atoms with Crippen LogP contribution in [0.15, 0.2) is 30.6 Å². The standard InChI is InChI=1S/C18H20F3N3O2/c1-17(2,3)26-16(25)23-8-6-12(7-9-23)14-10-22-15-5-4-13(11-24(14)15)18(19,20)21/h4-6,10-11H,7-9H2,1-3H3. The molecule has 0 spiro atoms. The van der Waals surface area contributed by atoms with E-state index in [0.717, 1.165) is 17.8 Å². The average Bonchev–Trinajstić information content (AvgIpc) is 2.95. The molecule has 0 unspecified atom stereocenters. The van der Waals surface area contributed by atoms with Crippen LogP contribution in [0.1, 0.15) is 38.4 Å². The van der Waals surface area contributed by atoms with Crippen LogP contribution >= 0.6 is 0 Å². The number of fused-ring (bicyclic) bond motifs is 1. The maximum Gasteiger partial charge on any atom is 0.417 e. The van der Waals surface area contributed by atoms with Crippen molar-refractivity contribution in [2.75, 3.05) is 13.1 Å². The summed E-state index contributed by atoms with van der Waals surface area (Å²) in [7, 11) is 0. The van der Waals surface area contributed by atoms with Crippen molar-refractivity contribution in [3.05, 3.63) is 41.9 Å². The molecule has 1 aliphatic rings. The van der Waals surface area contributed by atoms with E-state index in [4.69, 9.17) is 4.74 Å². The lowest BCUT2D eigenvalue weighted by molar-refractivity contribution is -0.137. The monoisotopic (exact) mass is 367 g/mol. The molecule has 0 saturated heterocycles. The van der Waals surface area contributed by atoms with Crippen molar-refractivity contribution in [2.24, 2.45) is 0 Å². The number of carbonyl (C=O) groups excluding carboxylic acids is 1. The summed E-state index contributed by atoms with van der Waals surface area (Å²) in [6.45, 7) is 6.18. The van der Waals surface area contributed by atoms with Crippen LogP contribution in [-0.2, 0) is 10.9 Å². The van der Waals surface area contributed by atoms with Gasteiger partial charge in [-0.3, -0.25) is 4.40 Å². The van der Waals surface area contributed by atoms with Gasteiger partial charge in [-0.1, -0.05) is 6.08 Å². The van der Waals surface area contributed by atoms with Crippen molar-refractivity contribution in [3.8, 4) is 0 Å². The van der Waals surface area contributed by atoms with Gasteiger partial charge >= 0.3 is 12.3 Å². The van der Waals surface area contributed by atoms with E-state index < -0.39 is 23.4 Å². The Bertz CT molecular complexity index is 863.